The summed E-state index contributed by atoms with van der Waals surface area (Å²) >= 11 is 0. The molecule has 19 heavy (non-hydrogen) atoms. The Labute approximate surface area is 113 Å². The highest BCUT2D eigenvalue weighted by atomic mass is 16.5. The lowest BCUT2D eigenvalue weighted by molar-refractivity contribution is 0.0686. The number of aryl methyl sites for hydroxylation is 2. The van der Waals surface area contributed by atoms with Crippen LogP contribution in [0.15, 0.2) is 0 Å². The highest BCUT2D eigenvalue weighted by Crippen LogP contribution is 2.08. The number of aromatic amines is 1. The number of rotatable bonds is 9. The van der Waals surface area contributed by atoms with Gasteiger partial charge in [0.1, 0.15) is 0 Å². The van der Waals surface area contributed by atoms with Crippen molar-refractivity contribution in [1.29, 1.82) is 0 Å². The Morgan fingerprint density at radius 1 is 1.26 bits per heavy atom. The summed E-state index contributed by atoms with van der Waals surface area (Å²) in [4.78, 5) is 11.9. The van der Waals surface area contributed by atoms with Crippen LogP contribution in [0, 0.1) is 13.8 Å². The van der Waals surface area contributed by atoms with Crippen molar-refractivity contribution in [2.75, 3.05) is 33.5 Å². The number of hydrogen-bond acceptors (Lipinski definition) is 4. The number of amides is 1. The molecule has 108 valence electrons. The fraction of sp³-hybridized carbons (Fsp3) is 0.692. The molecule has 1 rings (SSSR count). The molecule has 0 aliphatic carbocycles. The lowest BCUT2D eigenvalue weighted by Crippen LogP contribution is -2.25. The van der Waals surface area contributed by atoms with Crippen LogP contribution in [-0.4, -0.2) is 49.6 Å². The van der Waals surface area contributed by atoms with Gasteiger partial charge in [0.2, 0.25) is 0 Å². The molecule has 0 unspecified atom stereocenters. The van der Waals surface area contributed by atoms with Gasteiger partial charge in [-0.15, -0.1) is 0 Å². The Morgan fingerprint density at radius 3 is 2.68 bits per heavy atom. The first-order valence-corrected chi connectivity index (χ1v) is 6.53. The molecule has 6 nitrogen and oxygen atoms in total. The topological polar surface area (TPSA) is 76.2 Å². The van der Waals surface area contributed by atoms with Gasteiger partial charge in [-0.25, -0.2) is 0 Å². The van der Waals surface area contributed by atoms with E-state index in [2.05, 4.69) is 15.5 Å². The number of ether oxygens (including phenoxy) is 2. The number of hydrogen-bond donors (Lipinski definition) is 2. The first-order chi connectivity index (χ1) is 9.16. The van der Waals surface area contributed by atoms with Gasteiger partial charge in [-0.3, -0.25) is 9.89 Å². The third-order valence-electron chi connectivity index (χ3n) is 2.79. The molecule has 0 saturated carbocycles. The molecule has 0 saturated heterocycles. The minimum Gasteiger partial charge on any atom is -0.382 e. The van der Waals surface area contributed by atoms with Crippen molar-refractivity contribution in [3.8, 4) is 0 Å². The van der Waals surface area contributed by atoms with Crippen LogP contribution in [-0.2, 0) is 9.47 Å². The second kappa shape index (κ2) is 8.66. The quantitative estimate of drug-likeness (QED) is 0.660. The van der Waals surface area contributed by atoms with Crippen molar-refractivity contribution in [3.05, 3.63) is 17.0 Å². The van der Waals surface area contributed by atoms with E-state index in [1.807, 2.05) is 13.8 Å². The predicted octanol–water partition coefficient (Wildman–Crippen LogP) is 1.20. The Morgan fingerprint density at radius 2 is 2.05 bits per heavy atom. The Bertz CT molecular complexity index is 371. The van der Waals surface area contributed by atoms with Gasteiger partial charge in [0, 0.05) is 26.0 Å². The van der Waals surface area contributed by atoms with E-state index in [-0.39, 0.29) is 5.91 Å². The molecule has 0 spiro atoms. The fourth-order valence-electron chi connectivity index (χ4n) is 1.75. The number of carbonyl (C=O) groups is 1. The molecule has 6 heteroatoms. The van der Waals surface area contributed by atoms with Crippen molar-refractivity contribution in [1.82, 2.24) is 15.5 Å². The smallest absolute Gasteiger partial charge is 0.255 e. The van der Waals surface area contributed by atoms with Gasteiger partial charge in [-0.1, -0.05) is 0 Å². The summed E-state index contributed by atoms with van der Waals surface area (Å²) in [7, 11) is 1.65. The molecule has 0 aliphatic heterocycles. The lowest BCUT2D eigenvalue weighted by atomic mass is 10.2. The third-order valence-corrected chi connectivity index (χ3v) is 2.79. The van der Waals surface area contributed by atoms with Crippen molar-refractivity contribution in [2.24, 2.45) is 0 Å². The average molecular weight is 269 g/mol. The molecule has 1 amide bonds. The summed E-state index contributed by atoms with van der Waals surface area (Å²) in [6.07, 6.45) is 1.82. The molecule has 0 aliphatic rings. The van der Waals surface area contributed by atoms with Gasteiger partial charge in [0.15, 0.2) is 0 Å². The average Bonchev–Trinajstić information content (AvgIpc) is 2.72. The van der Waals surface area contributed by atoms with E-state index in [0.717, 1.165) is 24.2 Å². The summed E-state index contributed by atoms with van der Waals surface area (Å²) in [5.41, 5.74) is 2.19. The summed E-state index contributed by atoms with van der Waals surface area (Å²) in [5.74, 6) is -0.0657. The largest absolute Gasteiger partial charge is 0.382 e. The van der Waals surface area contributed by atoms with Crippen LogP contribution in [0.5, 0.6) is 0 Å². The lowest BCUT2D eigenvalue weighted by Gasteiger charge is -2.06. The summed E-state index contributed by atoms with van der Waals surface area (Å²) in [6.45, 7) is 6.26. The first-order valence-electron chi connectivity index (χ1n) is 6.53. The monoisotopic (exact) mass is 269 g/mol. The standard InChI is InChI=1S/C13H23N3O3/c1-10-12(11(2)16-15-10)13(17)14-6-4-5-7-19-9-8-18-3/h4-9H2,1-3H3,(H,14,17)(H,15,16). The van der Waals surface area contributed by atoms with E-state index in [9.17, 15) is 4.79 Å². The van der Waals surface area contributed by atoms with Gasteiger partial charge in [0.25, 0.3) is 5.91 Å². The maximum Gasteiger partial charge on any atom is 0.255 e. The van der Waals surface area contributed by atoms with Crippen LogP contribution in [0.1, 0.15) is 34.6 Å². The second-order valence-electron chi connectivity index (χ2n) is 4.38. The Kier molecular flexibility index (Phi) is 7.14. The van der Waals surface area contributed by atoms with Gasteiger partial charge in [-0.2, -0.15) is 5.10 Å². The summed E-state index contributed by atoms with van der Waals surface area (Å²) < 4.78 is 10.2. The number of carbonyl (C=O) groups excluding carboxylic acids is 1. The van der Waals surface area contributed by atoms with Gasteiger partial charge in [0.05, 0.1) is 24.5 Å². The molecular weight excluding hydrogens is 246 g/mol. The predicted molar refractivity (Wildman–Crippen MR) is 72.3 cm³/mol. The Hall–Kier alpha value is -1.40. The molecule has 1 aromatic heterocycles. The highest BCUT2D eigenvalue weighted by Gasteiger charge is 2.14. The zero-order chi connectivity index (χ0) is 14.1. The van der Waals surface area contributed by atoms with Crippen LogP contribution in [0.2, 0.25) is 0 Å². The molecule has 0 radical (unpaired) electrons. The molecule has 0 atom stereocenters. The van der Waals surface area contributed by atoms with E-state index in [0.29, 0.717) is 31.9 Å². The molecule has 1 heterocycles. The van der Waals surface area contributed by atoms with E-state index >= 15 is 0 Å². The molecular formula is C13H23N3O3. The van der Waals surface area contributed by atoms with Crippen LogP contribution in [0.4, 0.5) is 0 Å². The van der Waals surface area contributed by atoms with Crippen molar-refractivity contribution >= 4 is 5.91 Å². The van der Waals surface area contributed by atoms with Crippen LogP contribution in [0.25, 0.3) is 0 Å². The van der Waals surface area contributed by atoms with E-state index in [1.165, 1.54) is 0 Å². The zero-order valence-electron chi connectivity index (χ0n) is 11.9. The summed E-state index contributed by atoms with van der Waals surface area (Å²) in [6, 6.07) is 0. The van der Waals surface area contributed by atoms with E-state index in [4.69, 9.17) is 9.47 Å². The van der Waals surface area contributed by atoms with E-state index < -0.39 is 0 Å². The third kappa shape index (κ3) is 5.40. The van der Waals surface area contributed by atoms with Crippen LogP contribution < -0.4 is 5.32 Å². The van der Waals surface area contributed by atoms with Crippen molar-refractivity contribution < 1.29 is 14.3 Å². The van der Waals surface area contributed by atoms with Gasteiger partial charge in [-0.05, 0) is 26.7 Å². The maximum absolute atomic E-state index is 11.9. The van der Waals surface area contributed by atoms with Crippen LogP contribution in [0.3, 0.4) is 0 Å². The number of nitrogens with one attached hydrogen (secondary N) is 2. The highest BCUT2D eigenvalue weighted by molar-refractivity contribution is 5.96. The van der Waals surface area contributed by atoms with Crippen molar-refractivity contribution in [2.45, 2.75) is 26.7 Å². The molecule has 0 bridgehead atoms. The van der Waals surface area contributed by atoms with Crippen molar-refractivity contribution in [3.63, 3.8) is 0 Å². The second-order valence-corrected chi connectivity index (χ2v) is 4.38. The SMILES string of the molecule is COCCOCCCCNC(=O)c1c(C)n[nH]c1C. The number of H-pyrrole nitrogens is 1. The minimum absolute atomic E-state index is 0.0657. The molecule has 0 fully saturated rings. The zero-order valence-corrected chi connectivity index (χ0v) is 11.9. The number of unbranched alkanes of at least 4 members (excludes halogenated alkanes) is 1. The molecule has 1 aromatic rings. The molecule has 0 aromatic carbocycles. The Balaban J connectivity index is 2.11. The fourth-order valence-corrected chi connectivity index (χ4v) is 1.75. The van der Waals surface area contributed by atoms with E-state index in [1.54, 1.807) is 7.11 Å². The number of nitrogens with zero attached hydrogens (tertiary/aromatic N) is 1. The van der Waals surface area contributed by atoms with Gasteiger partial charge < -0.3 is 14.8 Å². The normalized spacial score (nSPS) is 10.7. The van der Waals surface area contributed by atoms with Crippen LogP contribution >= 0.6 is 0 Å². The number of methoxy groups -OCH3 is 1. The maximum atomic E-state index is 11.9. The minimum atomic E-state index is -0.0657. The number of aromatic nitrogens is 2. The summed E-state index contributed by atoms with van der Waals surface area (Å²) in [5, 5.41) is 9.70. The molecule has 2 N–H and O–H groups in total. The first kappa shape index (κ1) is 15.7. The van der Waals surface area contributed by atoms with Gasteiger partial charge >= 0.3 is 0 Å².